The van der Waals surface area contributed by atoms with E-state index in [2.05, 4.69) is 37.1 Å². The van der Waals surface area contributed by atoms with Gasteiger partial charge in [-0.05, 0) is 12.0 Å². The minimum atomic E-state index is 0.111. The molecule has 0 fully saturated rings. The van der Waals surface area contributed by atoms with Crippen LogP contribution in [-0.4, -0.2) is 38.5 Å². The Morgan fingerprint density at radius 3 is 2.91 bits per heavy atom. The molecule has 2 aromatic heterocycles. The number of ether oxygens (including phenoxy) is 1. The molecule has 1 atom stereocenters. The minimum Gasteiger partial charge on any atom is -0.474 e. The van der Waals surface area contributed by atoms with Crippen LogP contribution in [0.25, 0.3) is 11.2 Å². The second-order valence-electron chi connectivity index (χ2n) is 5.08. The van der Waals surface area contributed by atoms with Crippen LogP contribution >= 0.6 is 0 Å². The molecule has 0 radical (unpaired) electrons. The molecule has 4 rings (SSSR count). The zero-order chi connectivity index (χ0) is 14.8. The largest absolute Gasteiger partial charge is 0.474 e. The van der Waals surface area contributed by atoms with Crippen molar-refractivity contribution >= 4 is 17.1 Å². The fourth-order valence-corrected chi connectivity index (χ4v) is 2.42. The molecule has 6 nitrogen and oxygen atoms in total. The molecule has 1 aliphatic rings. The molecular formula is C16H13N5O. The Labute approximate surface area is 127 Å². The van der Waals surface area contributed by atoms with Crippen LogP contribution in [0.15, 0.2) is 54.0 Å². The van der Waals surface area contributed by atoms with E-state index in [0.717, 1.165) is 6.42 Å². The number of hydrogen-bond acceptors (Lipinski definition) is 6. The van der Waals surface area contributed by atoms with Crippen LogP contribution in [0.2, 0.25) is 0 Å². The first-order chi connectivity index (χ1) is 10.9. The van der Waals surface area contributed by atoms with Crippen molar-refractivity contribution in [1.29, 1.82) is 0 Å². The second-order valence-corrected chi connectivity index (χ2v) is 5.08. The average molecular weight is 291 g/mol. The Kier molecular flexibility index (Phi) is 3.19. The van der Waals surface area contributed by atoms with Crippen LogP contribution in [0, 0.1) is 0 Å². The predicted octanol–water partition coefficient (Wildman–Crippen LogP) is 1.81. The van der Waals surface area contributed by atoms with E-state index in [1.807, 2.05) is 18.2 Å². The zero-order valence-electron chi connectivity index (χ0n) is 11.8. The highest BCUT2D eigenvalue weighted by Gasteiger charge is 2.22. The van der Waals surface area contributed by atoms with E-state index in [4.69, 9.17) is 4.74 Å². The molecule has 0 amide bonds. The molecule has 0 N–H and O–H groups in total. The third-order valence-corrected chi connectivity index (χ3v) is 3.47. The van der Waals surface area contributed by atoms with Crippen molar-refractivity contribution in [2.75, 3.05) is 6.61 Å². The Morgan fingerprint density at radius 2 is 2.00 bits per heavy atom. The molecule has 1 aromatic carbocycles. The van der Waals surface area contributed by atoms with Crippen LogP contribution in [0.5, 0.6) is 0 Å². The van der Waals surface area contributed by atoms with Crippen molar-refractivity contribution in [3.05, 3.63) is 60.3 Å². The summed E-state index contributed by atoms with van der Waals surface area (Å²) in [6, 6.07) is 10.4. The molecule has 3 aromatic rings. The summed E-state index contributed by atoms with van der Waals surface area (Å²) in [6.45, 7) is 0.563. The molecule has 6 heteroatoms. The zero-order valence-corrected chi connectivity index (χ0v) is 11.8. The highest BCUT2D eigenvalue weighted by atomic mass is 16.5. The Balaban J connectivity index is 1.58. The lowest BCUT2D eigenvalue weighted by atomic mass is 10.1. The fourth-order valence-electron chi connectivity index (χ4n) is 2.42. The number of aliphatic imine (C=N–C) groups is 1. The summed E-state index contributed by atoms with van der Waals surface area (Å²) in [4.78, 5) is 21.4. The number of aromatic nitrogens is 4. The van der Waals surface area contributed by atoms with Gasteiger partial charge in [-0.1, -0.05) is 30.3 Å². The summed E-state index contributed by atoms with van der Waals surface area (Å²) in [5.74, 6) is 0.536. The standard InChI is InChI=1S/C16H13N5O/c1-2-4-11(5-3-1)6-12-9-22-16(20-12)14-8-18-13-7-17-10-19-15(13)21-14/h1-5,7-8,10,12H,6,9H2. The molecule has 108 valence electrons. The Hall–Kier alpha value is -2.89. The maximum Gasteiger partial charge on any atom is 0.237 e. The highest BCUT2D eigenvalue weighted by Crippen LogP contribution is 2.15. The predicted molar refractivity (Wildman–Crippen MR) is 81.6 cm³/mol. The van der Waals surface area contributed by atoms with Gasteiger partial charge in [-0.25, -0.2) is 24.9 Å². The number of rotatable bonds is 3. The molecule has 0 saturated carbocycles. The van der Waals surface area contributed by atoms with Gasteiger partial charge in [0.05, 0.1) is 18.4 Å². The quantitative estimate of drug-likeness (QED) is 0.735. The van der Waals surface area contributed by atoms with Gasteiger partial charge >= 0.3 is 0 Å². The molecular weight excluding hydrogens is 278 g/mol. The number of benzene rings is 1. The number of fused-ring (bicyclic) bond motifs is 1. The summed E-state index contributed by atoms with van der Waals surface area (Å²) in [6.07, 6.45) is 5.59. The van der Waals surface area contributed by atoms with Gasteiger partial charge in [0.1, 0.15) is 24.1 Å². The first kappa shape index (κ1) is 12.8. The Morgan fingerprint density at radius 1 is 1.09 bits per heavy atom. The van der Waals surface area contributed by atoms with Gasteiger partial charge in [-0.3, -0.25) is 0 Å². The van der Waals surface area contributed by atoms with E-state index in [1.54, 1.807) is 12.4 Å². The van der Waals surface area contributed by atoms with Gasteiger partial charge in [0, 0.05) is 0 Å². The lowest BCUT2D eigenvalue weighted by Crippen LogP contribution is -2.09. The van der Waals surface area contributed by atoms with E-state index >= 15 is 0 Å². The van der Waals surface area contributed by atoms with Crippen molar-refractivity contribution in [2.24, 2.45) is 4.99 Å². The third kappa shape index (κ3) is 2.50. The van der Waals surface area contributed by atoms with Crippen molar-refractivity contribution < 1.29 is 4.74 Å². The smallest absolute Gasteiger partial charge is 0.237 e. The van der Waals surface area contributed by atoms with E-state index in [0.29, 0.717) is 29.4 Å². The van der Waals surface area contributed by atoms with Gasteiger partial charge in [-0.15, -0.1) is 0 Å². The van der Waals surface area contributed by atoms with E-state index in [1.165, 1.54) is 11.9 Å². The van der Waals surface area contributed by atoms with Crippen molar-refractivity contribution in [2.45, 2.75) is 12.5 Å². The average Bonchev–Trinajstić information content (AvgIpc) is 3.04. The first-order valence-electron chi connectivity index (χ1n) is 7.06. The van der Waals surface area contributed by atoms with Crippen LogP contribution in [0.3, 0.4) is 0 Å². The number of hydrogen-bond donors (Lipinski definition) is 0. The molecule has 1 unspecified atom stereocenters. The van der Waals surface area contributed by atoms with Crippen LogP contribution < -0.4 is 0 Å². The second kappa shape index (κ2) is 5.48. The third-order valence-electron chi connectivity index (χ3n) is 3.47. The van der Waals surface area contributed by atoms with Crippen molar-refractivity contribution in [1.82, 2.24) is 19.9 Å². The molecule has 3 heterocycles. The lowest BCUT2D eigenvalue weighted by molar-refractivity contribution is 0.316. The summed E-state index contributed by atoms with van der Waals surface area (Å²) in [7, 11) is 0. The summed E-state index contributed by atoms with van der Waals surface area (Å²) in [5, 5.41) is 0. The monoisotopic (exact) mass is 291 g/mol. The van der Waals surface area contributed by atoms with E-state index < -0.39 is 0 Å². The normalized spacial score (nSPS) is 17.3. The number of nitrogens with zero attached hydrogens (tertiary/aromatic N) is 5. The first-order valence-corrected chi connectivity index (χ1v) is 7.06. The van der Waals surface area contributed by atoms with Crippen molar-refractivity contribution in [3.8, 4) is 0 Å². The van der Waals surface area contributed by atoms with Gasteiger partial charge < -0.3 is 4.74 Å². The minimum absolute atomic E-state index is 0.111. The Bertz CT molecular complexity index is 834. The lowest BCUT2D eigenvalue weighted by Gasteiger charge is -2.03. The summed E-state index contributed by atoms with van der Waals surface area (Å²) in [5.41, 5.74) is 3.07. The molecule has 22 heavy (non-hydrogen) atoms. The van der Waals surface area contributed by atoms with Crippen LogP contribution in [0.1, 0.15) is 11.3 Å². The maximum atomic E-state index is 5.68. The van der Waals surface area contributed by atoms with Crippen LogP contribution in [-0.2, 0) is 11.2 Å². The van der Waals surface area contributed by atoms with Gasteiger partial charge in [0.2, 0.25) is 5.90 Å². The van der Waals surface area contributed by atoms with Gasteiger partial charge in [0.15, 0.2) is 5.65 Å². The van der Waals surface area contributed by atoms with Gasteiger partial charge in [0.25, 0.3) is 0 Å². The molecule has 0 saturated heterocycles. The van der Waals surface area contributed by atoms with Crippen molar-refractivity contribution in [3.63, 3.8) is 0 Å². The van der Waals surface area contributed by atoms with E-state index in [-0.39, 0.29) is 6.04 Å². The topological polar surface area (TPSA) is 73.2 Å². The summed E-state index contributed by atoms with van der Waals surface area (Å²) < 4.78 is 5.68. The fraction of sp³-hybridized carbons (Fsp3) is 0.188. The van der Waals surface area contributed by atoms with E-state index in [9.17, 15) is 0 Å². The highest BCUT2D eigenvalue weighted by molar-refractivity contribution is 5.94. The molecule has 1 aliphatic heterocycles. The SMILES string of the molecule is c1ccc(CC2COC(c3cnc4cncnc4n3)=N2)cc1. The molecule has 0 aliphatic carbocycles. The van der Waals surface area contributed by atoms with Crippen LogP contribution in [0.4, 0.5) is 0 Å². The molecule has 0 spiro atoms. The maximum absolute atomic E-state index is 5.68. The summed E-state index contributed by atoms with van der Waals surface area (Å²) >= 11 is 0. The van der Waals surface area contributed by atoms with Gasteiger partial charge in [-0.2, -0.15) is 0 Å². The molecule has 0 bridgehead atoms.